The molecule has 0 aliphatic heterocycles. The van der Waals surface area contributed by atoms with E-state index in [1.807, 2.05) is 0 Å². The van der Waals surface area contributed by atoms with Crippen molar-refractivity contribution in [1.82, 2.24) is 9.97 Å². The van der Waals surface area contributed by atoms with Gasteiger partial charge in [-0.05, 0) is 39.0 Å². The zero-order valence-electron chi connectivity index (χ0n) is 9.14. The van der Waals surface area contributed by atoms with Gasteiger partial charge in [0, 0.05) is 0 Å². The lowest BCUT2D eigenvalue weighted by Gasteiger charge is -2.16. The normalized spacial score (nSPS) is 15.3. The molecular formula is C12H18N2. The second-order valence-corrected chi connectivity index (χ2v) is 4.11. The summed E-state index contributed by atoms with van der Waals surface area (Å²) in [7, 11) is 0. The Hall–Kier alpha value is -0.920. The Morgan fingerprint density at radius 3 is 2.36 bits per heavy atom. The number of aryl methyl sites for hydroxylation is 4. The Bertz CT molecular complexity index is 331. The first-order valence-electron chi connectivity index (χ1n) is 5.66. The minimum Gasteiger partial charge on any atom is -0.254 e. The SMILES string of the molecule is CCCc1nc2c(nc1C)CCCC2. The summed E-state index contributed by atoms with van der Waals surface area (Å²) in [6.45, 7) is 4.29. The van der Waals surface area contributed by atoms with Gasteiger partial charge in [-0.15, -0.1) is 0 Å². The highest BCUT2D eigenvalue weighted by Crippen LogP contribution is 2.19. The number of rotatable bonds is 2. The van der Waals surface area contributed by atoms with E-state index in [-0.39, 0.29) is 0 Å². The first-order chi connectivity index (χ1) is 6.81. The molecular weight excluding hydrogens is 172 g/mol. The monoisotopic (exact) mass is 190 g/mol. The molecule has 1 aromatic rings. The van der Waals surface area contributed by atoms with E-state index in [4.69, 9.17) is 4.98 Å². The molecule has 0 saturated carbocycles. The Morgan fingerprint density at radius 1 is 1.07 bits per heavy atom. The topological polar surface area (TPSA) is 25.8 Å². The highest BCUT2D eigenvalue weighted by atomic mass is 14.8. The van der Waals surface area contributed by atoms with E-state index >= 15 is 0 Å². The third-order valence-electron chi connectivity index (χ3n) is 2.89. The van der Waals surface area contributed by atoms with Gasteiger partial charge in [0.2, 0.25) is 0 Å². The van der Waals surface area contributed by atoms with E-state index in [1.54, 1.807) is 0 Å². The van der Waals surface area contributed by atoms with Crippen molar-refractivity contribution in [2.45, 2.75) is 52.4 Å². The standard InChI is InChI=1S/C12H18N2/c1-3-6-10-9(2)13-11-7-4-5-8-12(11)14-10/h3-8H2,1-2H3. The molecule has 0 radical (unpaired) electrons. The molecule has 0 bridgehead atoms. The molecule has 0 amide bonds. The summed E-state index contributed by atoms with van der Waals surface area (Å²) >= 11 is 0. The molecule has 0 fully saturated rings. The van der Waals surface area contributed by atoms with Crippen molar-refractivity contribution in [3.8, 4) is 0 Å². The smallest absolute Gasteiger partial charge is 0.0622 e. The summed E-state index contributed by atoms with van der Waals surface area (Å²) in [6, 6.07) is 0. The van der Waals surface area contributed by atoms with Crippen LogP contribution in [-0.2, 0) is 19.3 Å². The average molecular weight is 190 g/mol. The molecule has 2 rings (SSSR count). The minimum absolute atomic E-state index is 1.08. The second-order valence-electron chi connectivity index (χ2n) is 4.11. The Morgan fingerprint density at radius 2 is 1.71 bits per heavy atom. The maximum Gasteiger partial charge on any atom is 0.0622 e. The van der Waals surface area contributed by atoms with Gasteiger partial charge in [0.15, 0.2) is 0 Å². The van der Waals surface area contributed by atoms with E-state index in [1.165, 1.54) is 29.9 Å². The van der Waals surface area contributed by atoms with Crippen LogP contribution in [-0.4, -0.2) is 9.97 Å². The molecule has 0 atom stereocenters. The van der Waals surface area contributed by atoms with Gasteiger partial charge in [-0.1, -0.05) is 13.3 Å². The Balaban J connectivity index is 2.35. The van der Waals surface area contributed by atoms with Crippen LogP contribution in [0.1, 0.15) is 49.0 Å². The summed E-state index contributed by atoms with van der Waals surface area (Å²) in [6.07, 6.45) is 7.08. The Kier molecular flexibility index (Phi) is 2.80. The van der Waals surface area contributed by atoms with Gasteiger partial charge >= 0.3 is 0 Å². The summed E-state index contributed by atoms with van der Waals surface area (Å²) in [5.74, 6) is 0. The number of fused-ring (bicyclic) bond motifs is 1. The van der Waals surface area contributed by atoms with E-state index in [2.05, 4.69) is 18.8 Å². The van der Waals surface area contributed by atoms with Crippen LogP contribution in [0.2, 0.25) is 0 Å². The van der Waals surface area contributed by atoms with E-state index in [0.717, 1.165) is 31.4 Å². The van der Waals surface area contributed by atoms with Crippen LogP contribution in [0, 0.1) is 6.92 Å². The highest BCUT2D eigenvalue weighted by molar-refractivity contribution is 5.21. The fraction of sp³-hybridized carbons (Fsp3) is 0.667. The maximum absolute atomic E-state index is 4.74. The summed E-state index contributed by atoms with van der Waals surface area (Å²) in [5, 5.41) is 0. The van der Waals surface area contributed by atoms with Crippen molar-refractivity contribution in [1.29, 1.82) is 0 Å². The van der Waals surface area contributed by atoms with Gasteiger partial charge in [0.25, 0.3) is 0 Å². The molecule has 1 aliphatic rings. The van der Waals surface area contributed by atoms with Crippen LogP contribution < -0.4 is 0 Å². The van der Waals surface area contributed by atoms with Crippen molar-refractivity contribution < 1.29 is 0 Å². The van der Waals surface area contributed by atoms with Gasteiger partial charge in [-0.2, -0.15) is 0 Å². The Labute approximate surface area is 85.8 Å². The van der Waals surface area contributed by atoms with Crippen LogP contribution in [0.15, 0.2) is 0 Å². The molecule has 2 heteroatoms. The predicted molar refractivity (Wildman–Crippen MR) is 57.4 cm³/mol. The van der Waals surface area contributed by atoms with Crippen LogP contribution in [0.3, 0.4) is 0 Å². The zero-order chi connectivity index (χ0) is 9.97. The maximum atomic E-state index is 4.74. The van der Waals surface area contributed by atoms with Gasteiger partial charge in [-0.3, -0.25) is 9.97 Å². The lowest BCUT2D eigenvalue weighted by Crippen LogP contribution is -2.11. The van der Waals surface area contributed by atoms with E-state index in [0.29, 0.717) is 0 Å². The molecule has 0 aromatic carbocycles. The van der Waals surface area contributed by atoms with Crippen molar-refractivity contribution in [2.75, 3.05) is 0 Å². The van der Waals surface area contributed by atoms with E-state index in [9.17, 15) is 0 Å². The number of hydrogen-bond donors (Lipinski definition) is 0. The van der Waals surface area contributed by atoms with Crippen LogP contribution >= 0.6 is 0 Å². The second kappa shape index (κ2) is 4.07. The van der Waals surface area contributed by atoms with Crippen LogP contribution in [0.25, 0.3) is 0 Å². The molecule has 76 valence electrons. The van der Waals surface area contributed by atoms with Crippen molar-refractivity contribution in [3.63, 3.8) is 0 Å². The minimum atomic E-state index is 1.08. The number of hydrogen-bond acceptors (Lipinski definition) is 2. The van der Waals surface area contributed by atoms with Crippen molar-refractivity contribution in [2.24, 2.45) is 0 Å². The van der Waals surface area contributed by atoms with Gasteiger partial charge < -0.3 is 0 Å². The molecule has 0 spiro atoms. The zero-order valence-corrected chi connectivity index (χ0v) is 9.14. The van der Waals surface area contributed by atoms with Gasteiger partial charge in [-0.25, -0.2) is 0 Å². The van der Waals surface area contributed by atoms with Crippen LogP contribution in [0.4, 0.5) is 0 Å². The average Bonchev–Trinajstić information content (AvgIpc) is 2.19. The summed E-state index contributed by atoms with van der Waals surface area (Å²) in [4.78, 5) is 9.41. The third-order valence-corrected chi connectivity index (χ3v) is 2.89. The molecule has 14 heavy (non-hydrogen) atoms. The van der Waals surface area contributed by atoms with E-state index < -0.39 is 0 Å². The summed E-state index contributed by atoms with van der Waals surface area (Å²) in [5.41, 5.74) is 4.89. The highest BCUT2D eigenvalue weighted by Gasteiger charge is 2.14. The molecule has 0 N–H and O–H groups in total. The van der Waals surface area contributed by atoms with Crippen LogP contribution in [0.5, 0.6) is 0 Å². The lowest BCUT2D eigenvalue weighted by atomic mass is 10.00. The molecule has 0 unspecified atom stereocenters. The fourth-order valence-electron chi connectivity index (χ4n) is 2.10. The summed E-state index contributed by atoms with van der Waals surface area (Å²) < 4.78 is 0. The molecule has 1 aliphatic carbocycles. The molecule has 1 heterocycles. The van der Waals surface area contributed by atoms with Gasteiger partial charge in [0.05, 0.1) is 22.8 Å². The largest absolute Gasteiger partial charge is 0.254 e. The molecule has 0 saturated heterocycles. The quantitative estimate of drug-likeness (QED) is 0.716. The van der Waals surface area contributed by atoms with Crippen molar-refractivity contribution >= 4 is 0 Å². The first kappa shape index (κ1) is 9.63. The fourth-order valence-corrected chi connectivity index (χ4v) is 2.10. The first-order valence-corrected chi connectivity index (χ1v) is 5.66. The number of aromatic nitrogens is 2. The van der Waals surface area contributed by atoms with Crippen molar-refractivity contribution in [3.05, 3.63) is 22.8 Å². The third kappa shape index (κ3) is 1.79. The van der Waals surface area contributed by atoms with Gasteiger partial charge in [0.1, 0.15) is 0 Å². The molecule has 1 aromatic heterocycles. The number of nitrogens with zero attached hydrogens (tertiary/aromatic N) is 2. The predicted octanol–water partition coefficient (Wildman–Crippen LogP) is 2.62. The molecule has 2 nitrogen and oxygen atoms in total. The lowest BCUT2D eigenvalue weighted by molar-refractivity contribution is 0.636.